The van der Waals surface area contributed by atoms with Crippen LogP contribution in [0.1, 0.15) is 38.6 Å². The van der Waals surface area contributed by atoms with Gasteiger partial charge in [0.2, 0.25) is 11.8 Å². The SMILES string of the molecule is CC(=O)Oc1ccc(N2C(=O)[C@@H]3[C@@H](CC(C)C)N[C@@]4(c5ccccc5-n5c4nc4ccccc4c5=O)[C@H]3C2=O)cc1. The van der Waals surface area contributed by atoms with Crippen molar-refractivity contribution < 1.29 is 19.1 Å². The molecule has 9 heteroatoms. The van der Waals surface area contributed by atoms with Crippen LogP contribution in [0.2, 0.25) is 0 Å². The third kappa shape index (κ3) is 3.48. The summed E-state index contributed by atoms with van der Waals surface area (Å²) in [6.45, 7) is 5.48. The number of nitrogens with one attached hydrogen (secondary N) is 1. The van der Waals surface area contributed by atoms with E-state index in [9.17, 15) is 19.2 Å². The molecule has 2 amide bonds. The van der Waals surface area contributed by atoms with E-state index in [0.717, 1.165) is 5.56 Å². The number of aromatic nitrogens is 2. The Balaban J connectivity index is 1.45. The Labute approximate surface area is 235 Å². The van der Waals surface area contributed by atoms with Gasteiger partial charge in [-0.1, -0.05) is 44.2 Å². The van der Waals surface area contributed by atoms with Crippen LogP contribution in [0.3, 0.4) is 0 Å². The maximum Gasteiger partial charge on any atom is 0.308 e. The molecule has 3 aliphatic rings. The van der Waals surface area contributed by atoms with Gasteiger partial charge in [-0.25, -0.2) is 9.88 Å². The van der Waals surface area contributed by atoms with Gasteiger partial charge in [0.1, 0.15) is 17.1 Å². The van der Waals surface area contributed by atoms with E-state index >= 15 is 0 Å². The number of nitrogens with zero attached hydrogens (tertiary/aromatic N) is 3. The highest BCUT2D eigenvalue weighted by molar-refractivity contribution is 6.23. The zero-order valence-electron chi connectivity index (χ0n) is 22.8. The second kappa shape index (κ2) is 8.94. The number of carbonyl (C=O) groups is 3. The summed E-state index contributed by atoms with van der Waals surface area (Å²) < 4.78 is 6.75. The van der Waals surface area contributed by atoms with Gasteiger partial charge in [-0.05, 0) is 54.8 Å². The molecule has 206 valence electrons. The summed E-state index contributed by atoms with van der Waals surface area (Å²) in [6.07, 6.45) is 0.654. The molecular weight excluding hydrogens is 520 g/mol. The molecule has 7 rings (SSSR count). The number of amides is 2. The van der Waals surface area contributed by atoms with Gasteiger partial charge in [-0.2, -0.15) is 0 Å². The van der Waals surface area contributed by atoms with Crippen LogP contribution in [-0.4, -0.2) is 33.4 Å². The molecule has 9 nitrogen and oxygen atoms in total. The average Bonchev–Trinajstić information content (AvgIpc) is 3.52. The van der Waals surface area contributed by atoms with Crippen LogP contribution < -0.4 is 20.5 Å². The first-order valence-corrected chi connectivity index (χ1v) is 13.8. The summed E-state index contributed by atoms with van der Waals surface area (Å²) >= 11 is 0. The minimum atomic E-state index is -1.18. The van der Waals surface area contributed by atoms with Crippen LogP contribution in [0, 0.1) is 17.8 Å². The number of carbonyl (C=O) groups excluding carboxylic acids is 3. The van der Waals surface area contributed by atoms with Crippen molar-refractivity contribution in [3.05, 3.63) is 94.5 Å². The Morgan fingerprint density at radius 2 is 1.68 bits per heavy atom. The molecule has 3 aromatic carbocycles. The number of esters is 1. The van der Waals surface area contributed by atoms with Crippen LogP contribution >= 0.6 is 0 Å². The molecule has 0 unspecified atom stereocenters. The fraction of sp³-hybridized carbons (Fsp3) is 0.281. The maximum absolute atomic E-state index is 14.5. The van der Waals surface area contributed by atoms with Crippen LogP contribution in [-0.2, 0) is 19.9 Å². The molecule has 1 aromatic heterocycles. The van der Waals surface area contributed by atoms with Gasteiger partial charge in [0.25, 0.3) is 5.56 Å². The predicted molar refractivity (Wildman–Crippen MR) is 152 cm³/mol. The molecule has 0 bridgehead atoms. The van der Waals surface area contributed by atoms with E-state index in [1.165, 1.54) is 11.8 Å². The van der Waals surface area contributed by atoms with E-state index in [2.05, 4.69) is 19.2 Å². The molecule has 0 saturated carbocycles. The lowest BCUT2D eigenvalue weighted by molar-refractivity contribution is -0.132. The first-order valence-electron chi connectivity index (χ1n) is 13.8. The highest BCUT2D eigenvalue weighted by atomic mass is 16.5. The van der Waals surface area contributed by atoms with Gasteiger partial charge >= 0.3 is 5.97 Å². The molecule has 3 aliphatic heterocycles. The Morgan fingerprint density at radius 1 is 0.976 bits per heavy atom. The van der Waals surface area contributed by atoms with Crippen molar-refractivity contribution in [2.75, 3.05) is 4.90 Å². The molecule has 2 fully saturated rings. The van der Waals surface area contributed by atoms with E-state index in [0.29, 0.717) is 40.3 Å². The predicted octanol–water partition coefficient (Wildman–Crippen LogP) is 3.69. The molecule has 4 heterocycles. The van der Waals surface area contributed by atoms with E-state index in [1.807, 2.05) is 30.3 Å². The number of ether oxygens (including phenoxy) is 1. The fourth-order valence-electron chi connectivity index (χ4n) is 7.01. The van der Waals surface area contributed by atoms with Crippen molar-refractivity contribution in [1.82, 2.24) is 14.9 Å². The zero-order chi connectivity index (χ0) is 28.6. The number of anilines is 1. The summed E-state index contributed by atoms with van der Waals surface area (Å²) in [6, 6.07) is 20.7. The van der Waals surface area contributed by atoms with Crippen LogP contribution in [0.4, 0.5) is 5.69 Å². The third-order valence-electron chi connectivity index (χ3n) is 8.44. The van der Waals surface area contributed by atoms with Crippen molar-refractivity contribution >= 4 is 34.4 Å². The van der Waals surface area contributed by atoms with Crippen molar-refractivity contribution in [1.29, 1.82) is 0 Å². The van der Waals surface area contributed by atoms with Gasteiger partial charge in [0.15, 0.2) is 0 Å². The first kappa shape index (κ1) is 25.3. The lowest BCUT2D eigenvalue weighted by atomic mass is 9.75. The summed E-state index contributed by atoms with van der Waals surface area (Å²) in [5.41, 5.74) is 0.967. The summed E-state index contributed by atoms with van der Waals surface area (Å²) in [5, 5.41) is 4.21. The van der Waals surface area contributed by atoms with Crippen molar-refractivity contribution in [2.45, 2.75) is 38.8 Å². The molecule has 0 aliphatic carbocycles. The molecule has 4 aromatic rings. The van der Waals surface area contributed by atoms with Gasteiger partial charge < -0.3 is 4.74 Å². The maximum atomic E-state index is 14.5. The number of para-hydroxylation sites is 2. The minimum Gasteiger partial charge on any atom is -0.427 e. The number of hydrogen-bond donors (Lipinski definition) is 1. The smallest absolute Gasteiger partial charge is 0.308 e. The minimum absolute atomic E-state index is 0.213. The fourth-order valence-corrected chi connectivity index (χ4v) is 7.01. The second-order valence-electron chi connectivity index (χ2n) is 11.4. The van der Waals surface area contributed by atoms with E-state index in [1.54, 1.807) is 47.0 Å². The van der Waals surface area contributed by atoms with E-state index in [4.69, 9.17) is 9.72 Å². The third-order valence-corrected chi connectivity index (χ3v) is 8.44. The molecule has 1 N–H and O–H groups in total. The number of rotatable bonds is 4. The second-order valence-corrected chi connectivity index (χ2v) is 11.4. The molecule has 2 saturated heterocycles. The van der Waals surface area contributed by atoms with Gasteiger partial charge in [-0.3, -0.25) is 29.1 Å². The van der Waals surface area contributed by atoms with Crippen LogP contribution in [0.15, 0.2) is 77.6 Å². The number of benzene rings is 3. The largest absolute Gasteiger partial charge is 0.427 e. The Morgan fingerprint density at radius 3 is 2.41 bits per heavy atom. The summed E-state index contributed by atoms with van der Waals surface area (Å²) in [7, 11) is 0. The molecular formula is C32H28N4O5. The van der Waals surface area contributed by atoms with Crippen molar-refractivity contribution in [3.63, 3.8) is 0 Å². The average molecular weight is 549 g/mol. The van der Waals surface area contributed by atoms with E-state index in [-0.39, 0.29) is 29.3 Å². The van der Waals surface area contributed by atoms with Crippen LogP contribution in [0.5, 0.6) is 5.75 Å². The number of imide groups is 1. The molecule has 41 heavy (non-hydrogen) atoms. The molecule has 4 atom stereocenters. The van der Waals surface area contributed by atoms with Crippen LogP contribution in [0.25, 0.3) is 16.6 Å². The van der Waals surface area contributed by atoms with Gasteiger partial charge in [0.05, 0.1) is 34.1 Å². The first-order chi connectivity index (χ1) is 19.7. The zero-order valence-corrected chi connectivity index (χ0v) is 22.8. The topological polar surface area (TPSA) is 111 Å². The summed E-state index contributed by atoms with van der Waals surface area (Å²) in [5.74, 6) is -1.61. The lowest BCUT2D eigenvalue weighted by Crippen LogP contribution is -2.50. The molecule has 1 spiro atoms. The summed E-state index contributed by atoms with van der Waals surface area (Å²) in [4.78, 5) is 60.2. The molecule has 0 radical (unpaired) electrons. The van der Waals surface area contributed by atoms with Crippen molar-refractivity contribution in [3.8, 4) is 11.4 Å². The highest BCUT2D eigenvalue weighted by Crippen LogP contribution is 2.56. The Kier molecular flexibility index (Phi) is 5.53. The van der Waals surface area contributed by atoms with Gasteiger partial charge in [-0.15, -0.1) is 0 Å². The van der Waals surface area contributed by atoms with E-state index < -0.39 is 23.3 Å². The standard InChI is InChI=1S/C32H28N4O5/c1-17(2)16-24-26-27(30(40)35(29(26)39)19-12-14-20(15-13-19)41-18(3)37)32(34-24)22-9-5-7-11-25(22)36-28(38)21-8-4-6-10-23(21)33-31(32)36/h4-15,17,24,26-27,34H,16H2,1-3H3/t24-,26-,27-,32+/m1/s1. The number of fused-ring (bicyclic) bond motifs is 8. The monoisotopic (exact) mass is 548 g/mol. The lowest BCUT2D eigenvalue weighted by Gasteiger charge is -2.32. The number of hydrogen-bond acceptors (Lipinski definition) is 7. The Bertz CT molecular complexity index is 1830. The normalized spacial score (nSPS) is 24.3. The quantitative estimate of drug-likeness (QED) is 0.235. The highest BCUT2D eigenvalue weighted by Gasteiger charge is 2.69. The Hall–Kier alpha value is -4.63. The van der Waals surface area contributed by atoms with Gasteiger partial charge in [0, 0.05) is 18.5 Å². The van der Waals surface area contributed by atoms with Crippen molar-refractivity contribution in [2.24, 2.45) is 17.8 Å².